The number of aliphatic hydroxyl groups is 1. The Balaban J connectivity index is 1.69. The van der Waals surface area contributed by atoms with Gasteiger partial charge in [-0.1, -0.05) is 47.5 Å². The first-order valence-corrected chi connectivity index (χ1v) is 11.5. The van der Waals surface area contributed by atoms with Gasteiger partial charge in [0.15, 0.2) is 5.60 Å². The number of imidazole rings is 1. The van der Waals surface area contributed by atoms with E-state index in [2.05, 4.69) is 9.97 Å². The SMILES string of the molecule is COc1ccc(CSc2cnc(C(O)(c3ccc(F)c(Cl)c3)c3ccc(F)c(Cl)c3)[nH]2)cc1. The highest BCUT2D eigenvalue weighted by Crippen LogP contribution is 2.39. The normalized spacial score (nSPS) is 11.6. The van der Waals surface area contributed by atoms with Gasteiger partial charge in [-0.2, -0.15) is 0 Å². The maximum Gasteiger partial charge on any atom is 0.173 e. The molecule has 4 nitrogen and oxygen atoms in total. The van der Waals surface area contributed by atoms with Crippen molar-refractivity contribution >= 4 is 35.0 Å². The molecule has 0 saturated carbocycles. The summed E-state index contributed by atoms with van der Waals surface area (Å²) in [5.74, 6) is 0.318. The van der Waals surface area contributed by atoms with E-state index in [1.807, 2.05) is 24.3 Å². The Morgan fingerprint density at radius 2 is 1.55 bits per heavy atom. The van der Waals surface area contributed by atoms with Gasteiger partial charge in [0.05, 0.1) is 28.4 Å². The smallest absolute Gasteiger partial charge is 0.173 e. The Labute approximate surface area is 203 Å². The van der Waals surface area contributed by atoms with E-state index in [4.69, 9.17) is 27.9 Å². The van der Waals surface area contributed by atoms with Crippen LogP contribution in [0.4, 0.5) is 8.78 Å². The molecule has 0 fully saturated rings. The van der Waals surface area contributed by atoms with Crippen molar-refractivity contribution in [2.24, 2.45) is 0 Å². The third-order valence-electron chi connectivity index (χ3n) is 5.12. The minimum Gasteiger partial charge on any atom is -0.497 e. The monoisotopic (exact) mass is 506 g/mol. The van der Waals surface area contributed by atoms with Gasteiger partial charge in [0.2, 0.25) is 0 Å². The molecular weight excluding hydrogens is 489 g/mol. The summed E-state index contributed by atoms with van der Waals surface area (Å²) < 4.78 is 32.8. The summed E-state index contributed by atoms with van der Waals surface area (Å²) in [7, 11) is 1.61. The van der Waals surface area contributed by atoms with Gasteiger partial charge in [-0.3, -0.25) is 0 Å². The van der Waals surface area contributed by atoms with Crippen LogP contribution in [0.15, 0.2) is 71.9 Å². The van der Waals surface area contributed by atoms with Gasteiger partial charge in [0.1, 0.15) is 23.2 Å². The molecule has 1 heterocycles. The van der Waals surface area contributed by atoms with Gasteiger partial charge in [-0.05, 0) is 53.1 Å². The average molecular weight is 507 g/mol. The van der Waals surface area contributed by atoms with Crippen LogP contribution in [0.5, 0.6) is 5.75 Å². The number of ether oxygens (including phenoxy) is 1. The highest BCUT2D eigenvalue weighted by Gasteiger charge is 2.38. The number of nitrogens with one attached hydrogen (secondary N) is 1. The van der Waals surface area contributed by atoms with Crippen LogP contribution < -0.4 is 4.74 Å². The van der Waals surface area contributed by atoms with Crippen molar-refractivity contribution in [3.8, 4) is 5.75 Å². The number of hydrogen-bond donors (Lipinski definition) is 2. The Hall–Kier alpha value is -2.58. The van der Waals surface area contributed by atoms with Crippen molar-refractivity contribution in [1.29, 1.82) is 0 Å². The summed E-state index contributed by atoms with van der Waals surface area (Å²) in [5.41, 5.74) is -0.314. The lowest BCUT2D eigenvalue weighted by Gasteiger charge is -2.28. The number of halogens is 4. The second-order valence-corrected chi connectivity index (χ2v) is 9.03. The number of thioether (sulfide) groups is 1. The molecule has 0 aliphatic carbocycles. The largest absolute Gasteiger partial charge is 0.497 e. The number of aromatic amines is 1. The summed E-state index contributed by atoms with van der Waals surface area (Å²) in [4.78, 5) is 7.48. The minimum absolute atomic E-state index is 0.157. The van der Waals surface area contributed by atoms with E-state index in [0.717, 1.165) is 23.4 Å². The third-order valence-corrected chi connectivity index (χ3v) is 6.70. The zero-order valence-corrected chi connectivity index (χ0v) is 19.6. The Morgan fingerprint density at radius 3 is 2.06 bits per heavy atom. The van der Waals surface area contributed by atoms with Crippen molar-refractivity contribution in [3.05, 3.63) is 111 Å². The molecule has 0 radical (unpaired) electrons. The first-order chi connectivity index (χ1) is 15.8. The van der Waals surface area contributed by atoms with Gasteiger partial charge in [0, 0.05) is 5.75 Å². The Kier molecular flexibility index (Phi) is 6.95. The van der Waals surface area contributed by atoms with Crippen molar-refractivity contribution in [2.45, 2.75) is 16.4 Å². The second kappa shape index (κ2) is 9.73. The predicted octanol–water partition coefficient (Wildman–Crippen LogP) is 6.58. The van der Waals surface area contributed by atoms with Crippen LogP contribution in [0.3, 0.4) is 0 Å². The highest BCUT2D eigenvalue weighted by molar-refractivity contribution is 7.98. The van der Waals surface area contributed by atoms with Gasteiger partial charge in [0.25, 0.3) is 0 Å². The standard InChI is InChI=1S/C24H18Cl2F2N2O2S/c1-32-17-6-2-14(3-7-17)13-33-22-12-29-23(30-22)24(31,15-4-8-20(27)18(25)10-15)16-5-9-21(28)19(26)11-16/h2-12,31H,13H2,1H3,(H,29,30). The van der Waals surface area contributed by atoms with E-state index < -0.39 is 17.2 Å². The fourth-order valence-corrected chi connectivity index (χ4v) is 4.50. The number of aromatic nitrogens is 2. The molecule has 9 heteroatoms. The molecule has 4 rings (SSSR count). The van der Waals surface area contributed by atoms with Crippen LogP contribution in [-0.2, 0) is 11.4 Å². The number of rotatable bonds is 7. The molecule has 4 aromatic rings. The quantitative estimate of drug-likeness (QED) is 0.278. The third kappa shape index (κ3) is 4.87. The fourth-order valence-electron chi connectivity index (χ4n) is 3.33. The number of nitrogens with zero attached hydrogens (tertiary/aromatic N) is 1. The van der Waals surface area contributed by atoms with Crippen molar-refractivity contribution in [3.63, 3.8) is 0 Å². The maximum atomic E-state index is 13.8. The highest BCUT2D eigenvalue weighted by atomic mass is 35.5. The molecule has 0 spiro atoms. The summed E-state index contributed by atoms with van der Waals surface area (Å²) in [6, 6.07) is 15.4. The number of benzene rings is 3. The maximum absolute atomic E-state index is 13.8. The van der Waals surface area contributed by atoms with Crippen LogP contribution >= 0.6 is 35.0 Å². The van der Waals surface area contributed by atoms with E-state index in [1.165, 1.54) is 36.0 Å². The first-order valence-electron chi connectivity index (χ1n) is 9.76. The minimum atomic E-state index is -1.88. The molecule has 0 unspecified atom stereocenters. The molecule has 2 N–H and O–H groups in total. The molecule has 0 saturated heterocycles. The van der Waals surface area contributed by atoms with E-state index in [0.29, 0.717) is 10.8 Å². The van der Waals surface area contributed by atoms with E-state index in [1.54, 1.807) is 13.3 Å². The molecular formula is C24H18Cl2F2N2O2S. The molecule has 1 aromatic heterocycles. The Morgan fingerprint density at radius 1 is 0.970 bits per heavy atom. The van der Waals surface area contributed by atoms with E-state index in [9.17, 15) is 13.9 Å². The van der Waals surface area contributed by atoms with Gasteiger partial charge in [-0.25, -0.2) is 13.8 Å². The van der Waals surface area contributed by atoms with E-state index in [-0.39, 0.29) is 27.0 Å². The lowest BCUT2D eigenvalue weighted by molar-refractivity contribution is 0.116. The summed E-state index contributed by atoms with van der Waals surface area (Å²) in [6.07, 6.45) is 1.59. The summed E-state index contributed by atoms with van der Waals surface area (Å²) in [5, 5.41) is 12.2. The molecule has 0 aliphatic rings. The predicted molar refractivity (Wildman–Crippen MR) is 126 cm³/mol. The number of hydrogen-bond acceptors (Lipinski definition) is 4. The van der Waals surface area contributed by atoms with E-state index >= 15 is 0 Å². The van der Waals surface area contributed by atoms with Crippen LogP contribution in [0.2, 0.25) is 10.0 Å². The lowest BCUT2D eigenvalue weighted by atomic mass is 9.85. The molecule has 0 atom stereocenters. The Bertz CT molecular complexity index is 1230. The summed E-state index contributed by atoms with van der Waals surface area (Å²) >= 11 is 13.4. The molecule has 33 heavy (non-hydrogen) atoms. The van der Waals surface area contributed by atoms with Gasteiger partial charge in [-0.15, -0.1) is 11.8 Å². The van der Waals surface area contributed by atoms with Crippen LogP contribution in [-0.4, -0.2) is 22.2 Å². The fraction of sp³-hybridized carbons (Fsp3) is 0.125. The second-order valence-electron chi connectivity index (χ2n) is 7.20. The van der Waals surface area contributed by atoms with Crippen LogP contribution in [0.1, 0.15) is 22.5 Å². The number of H-pyrrole nitrogens is 1. The van der Waals surface area contributed by atoms with Gasteiger partial charge >= 0.3 is 0 Å². The zero-order valence-electron chi connectivity index (χ0n) is 17.3. The summed E-state index contributed by atoms with van der Waals surface area (Å²) in [6.45, 7) is 0. The van der Waals surface area contributed by atoms with Crippen molar-refractivity contribution in [1.82, 2.24) is 9.97 Å². The van der Waals surface area contributed by atoms with Crippen LogP contribution in [0.25, 0.3) is 0 Å². The molecule has 0 bridgehead atoms. The topological polar surface area (TPSA) is 58.1 Å². The first kappa shape index (κ1) is 23.6. The van der Waals surface area contributed by atoms with Crippen molar-refractivity contribution in [2.75, 3.05) is 7.11 Å². The van der Waals surface area contributed by atoms with Crippen LogP contribution in [0, 0.1) is 11.6 Å². The molecule has 170 valence electrons. The number of methoxy groups -OCH3 is 1. The zero-order chi connectivity index (χ0) is 23.6. The molecule has 3 aromatic carbocycles. The average Bonchev–Trinajstić information content (AvgIpc) is 3.30. The van der Waals surface area contributed by atoms with Gasteiger partial charge < -0.3 is 14.8 Å². The lowest BCUT2D eigenvalue weighted by Crippen LogP contribution is -2.30. The molecule has 0 amide bonds. The molecule has 0 aliphatic heterocycles. The van der Waals surface area contributed by atoms with Crippen molar-refractivity contribution < 1.29 is 18.6 Å².